The van der Waals surface area contributed by atoms with E-state index in [4.69, 9.17) is 5.73 Å². The number of pyridine rings is 1. The molecule has 2 aromatic heterocycles. The first-order valence-electron chi connectivity index (χ1n) is 7.59. The highest BCUT2D eigenvalue weighted by molar-refractivity contribution is 7.16. The van der Waals surface area contributed by atoms with Gasteiger partial charge in [-0.25, -0.2) is 4.98 Å². The molecule has 2 aromatic rings. The smallest absolute Gasteiger partial charge is 0.265 e. The van der Waals surface area contributed by atoms with Gasteiger partial charge in [0.15, 0.2) is 0 Å². The molecule has 1 amide bonds. The van der Waals surface area contributed by atoms with Crippen molar-refractivity contribution in [3.8, 4) is 10.7 Å². The van der Waals surface area contributed by atoms with Crippen LogP contribution >= 0.6 is 11.3 Å². The molecule has 116 valence electrons. The van der Waals surface area contributed by atoms with Crippen molar-refractivity contribution in [1.82, 2.24) is 14.9 Å². The Morgan fingerprint density at radius 3 is 3.05 bits per heavy atom. The van der Waals surface area contributed by atoms with Crippen molar-refractivity contribution in [3.63, 3.8) is 0 Å². The molecule has 1 saturated heterocycles. The topological polar surface area (TPSA) is 72.1 Å². The number of carbonyl (C=O) groups excluding carboxylic acids is 1. The van der Waals surface area contributed by atoms with Crippen molar-refractivity contribution < 1.29 is 4.79 Å². The average Bonchev–Trinajstić information content (AvgIpc) is 3.05. The van der Waals surface area contributed by atoms with Crippen LogP contribution in [0.1, 0.15) is 29.4 Å². The Hall–Kier alpha value is -1.79. The molecule has 3 rings (SSSR count). The molecule has 22 heavy (non-hydrogen) atoms. The number of nitrogens with zero attached hydrogens (tertiary/aromatic N) is 3. The van der Waals surface area contributed by atoms with Crippen molar-refractivity contribution >= 4 is 17.2 Å². The number of thiazole rings is 1. The van der Waals surface area contributed by atoms with Crippen molar-refractivity contribution in [3.05, 3.63) is 35.5 Å². The maximum absolute atomic E-state index is 12.8. The van der Waals surface area contributed by atoms with E-state index in [0.29, 0.717) is 17.3 Å². The monoisotopic (exact) mass is 316 g/mol. The van der Waals surface area contributed by atoms with Crippen LogP contribution in [0.15, 0.2) is 30.6 Å². The van der Waals surface area contributed by atoms with E-state index in [1.54, 1.807) is 12.4 Å². The number of hydrogen-bond acceptors (Lipinski definition) is 5. The molecule has 2 N–H and O–H groups in total. The van der Waals surface area contributed by atoms with Crippen LogP contribution < -0.4 is 5.73 Å². The molecule has 0 aromatic carbocycles. The highest BCUT2D eigenvalue weighted by Gasteiger charge is 2.32. The summed E-state index contributed by atoms with van der Waals surface area (Å²) < 4.78 is 0. The minimum absolute atomic E-state index is 0.0432. The second-order valence-electron chi connectivity index (χ2n) is 5.67. The van der Waals surface area contributed by atoms with Gasteiger partial charge >= 0.3 is 0 Å². The van der Waals surface area contributed by atoms with E-state index in [9.17, 15) is 4.79 Å². The molecular formula is C16H20N4OS. The zero-order chi connectivity index (χ0) is 15.5. The normalized spacial score (nSPS) is 21.8. The second kappa shape index (κ2) is 6.54. The van der Waals surface area contributed by atoms with Crippen molar-refractivity contribution in [2.75, 3.05) is 13.1 Å². The fraction of sp³-hybridized carbons (Fsp3) is 0.438. The number of aromatic nitrogens is 2. The predicted octanol–water partition coefficient (Wildman–Crippen LogP) is 2.40. The minimum Gasteiger partial charge on any atom is -0.333 e. The molecule has 1 aliphatic heterocycles. The molecule has 0 unspecified atom stereocenters. The Bertz CT molecular complexity index is 643. The van der Waals surface area contributed by atoms with Crippen LogP contribution in [-0.2, 0) is 0 Å². The summed E-state index contributed by atoms with van der Waals surface area (Å²) in [6.45, 7) is 3.46. The van der Waals surface area contributed by atoms with E-state index in [-0.39, 0.29) is 11.9 Å². The summed E-state index contributed by atoms with van der Waals surface area (Å²) in [5.41, 5.74) is 6.68. The molecule has 2 atom stereocenters. The number of hydrogen-bond donors (Lipinski definition) is 1. The Labute approximate surface area is 134 Å². The number of rotatable bonds is 3. The SMILES string of the molecule is C[C@H]1CCCN(C(=O)c2cnc(-c3ccccn3)s2)[C@@H]1CN. The zero-order valence-electron chi connectivity index (χ0n) is 12.6. The molecule has 1 fully saturated rings. The van der Waals surface area contributed by atoms with Crippen molar-refractivity contribution in [1.29, 1.82) is 0 Å². The number of carbonyl (C=O) groups is 1. The van der Waals surface area contributed by atoms with E-state index in [1.165, 1.54) is 11.3 Å². The molecule has 5 nitrogen and oxygen atoms in total. The van der Waals surface area contributed by atoms with E-state index in [1.807, 2.05) is 23.1 Å². The second-order valence-corrected chi connectivity index (χ2v) is 6.70. The molecule has 0 aliphatic carbocycles. The fourth-order valence-electron chi connectivity index (χ4n) is 2.98. The molecular weight excluding hydrogens is 296 g/mol. The molecule has 0 saturated carbocycles. The Morgan fingerprint density at radius 1 is 1.45 bits per heavy atom. The summed E-state index contributed by atoms with van der Waals surface area (Å²) in [6, 6.07) is 5.81. The summed E-state index contributed by atoms with van der Waals surface area (Å²) in [7, 11) is 0. The van der Waals surface area contributed by atoms with E-state index >= 15 is 0 Å². The lowest BCUT2D eigenvalue weighted by Crippen LogP contribution is -2.51. The third-order valence-electron chi connectivity index (χ3n) is 4.22. The fourth-order valence-corrected chi connectivity index (χ4v) is 3.83. The average molecular weight is 316 g/mol. The lowest BCUT2D eigenvalue weighted by molar-refractivity contribution is 0.0537. The first kappa shape index (κ1) is 15.1. The van der Waals surface area contributed by atoms with Crippen LogP contribution in [-0.4, -0.2) is 39.9 Å². The van der Waals surface area contributed by atoms with Crippen LogP contribution in [0.3, 0.4) is 0 Å². The van der Waals surface area contributed by atoms with Crippen molar-refractivity contribution in [2.45, 2.75) is 25.8 Å². The number of amides is 1. The number of likely N-dealkylation sites (tertiary alicyclic amines) is 1. The Kier molecular flexibility index (Phi) is 4.49. The van der Waals surface area contributed by atoms with Crippen LogP contribution in [0.5, 0.6) is 0 Å². The lowest BCUT2D eigenvalue weighted by Gasteiger charge is -2.39. The number of piperidine rings is 1. The van der Waals surface area contributed by atoms with Crippen molar-refractivity contribution in [2.24, 2.45) is 11.7 Å². The molecule has 6 heteroatoms. The van der Waals surface area contributed by atoms with E-state index in [0.717, 1.165) is 30.1 Å². The van der Waals surface area contributed by atoms with Crippen LogP contribution in [0, 0.1) is 5.92 Å². The van der Waals surface area contributed by atoms with Crippen LogP contribution in [0.2, 0.25) is 0 Å². The Balaban J connectivity index is 1.82. The molecule has 1 aliphatic rings. The Morgan fingerprint density at radius 2 is 2.32 bits per heavy atom. The first-order valence-corrected chi connectivity index (χ1v) is 8.40. The van der Waals surface area contributed by atoms with E-state index in [2.05, 4.69) is 16.9 Å². The highest BCUT2D eigenvalue weighted by Crippen LogP contribution is 2.28. The molecule has 0 spiro atoms. The van der Waals surface area contributed by atoms with Gasteiger partial charge in [0, 0.05) is 25.3 Å². The van der Waals surface area contributed by atoms with Gasteiger partial charge in [0.05, 0.1) is 11.9 Å². The zero-order valence-corrected chi connectivity index (χ0v) is 13.4. The van der Waals surface area contributed by atoms with Gasteiger partial charge in [0.25, 0.3) is 5.91 Å². The minimum atomic E-state index is 0.0432. The summed E-state index contributed by atoms with van der Waals surface area (Å²) in [5.74, 6) is 0.493. The van der Waals surface area contributed by atoms with Crippen LogP contribution in [0.25, 0.3) is 10.7 Å². The third kappa shape index (κ3) is 2.89. The summed E-state index contributed by atoms with van der Waals surface area (Å²) >= 11 is 1.40. The van der Waals surface area contributed by atoms with Gasteiger partial charge in [0.2, 0.25) is 0 Å². The summed E-state index contributed by atoms with van der Waals surface area (Å²) in [4.78, 5) is 24.0. The van der Waals surface area contributed by atoms with Gasteiger partial charge < -0.3 is 10.6 Å². The molecule has 0 radical (unpaired) electrons. The quantitative estimate of drug-likeness (QED) is 0.944. The maximum Gasteiger partial charge on any atom is 0.265 e. The van der Waals surface area contributed by atoms with E-state index < -0.39 is 0 Å². The predicted molar refractivity (Wildman–Crippen MR) is 87.6 cm³/mol. The highest BCUT2D eigenvalue weighted by atomic mass is 32.1. The van der Waals surface area contributed by atoms with Gasteiger partial charge in [-0.3, -0.25) is 9.78 Å². The van der Waals surface area contributed by atoms with Gasteiger partial charge in [-0.05, 0) is 30.9 Å². The maximum atomic E-state index is 12.8. The van der Waals surface area contributed by atoms with Gasteiger partial charge in [0.1, 0.15) is 9.88 Å². The standard InChI is InChI=1S/C16H20N4OS/c1-11-5-4-8-20(13(11)9-17)16(21)14-10-19-15(22-14)12-6-2-3-7-18-12/h2-3,6-7,10-11,13H,4-5,8-9,17H2,1H3/t11-,13+/m0/s1. The van der Waals surface area contributed by atoms with Crippen LogP contribution in [0.4, 0.5) is 0 Å². The largest absolute Gasteiger partial charge is 0.333 e. The first-order chi connectivity index (χ1) is 10.7. The number of nitrogens with two attached hydrogens (primary N) is 1. The van der Waals surface area contributed by atoms with Gasteiger partial charge in [-0.15, -0.1) is 11.3 Å². The van der Waals surface area contributed by atoms with Gasteiger partial charge in [-0.2, -0.15) is 0 Å². The molecule has 0 bridgehead atoms. The van der Waals surface area contributed by atoms with Gasteiger partial charge in [-0.1, -0.05) is 13.0 Å². The summed E-state index contributed by atoms with van der Waals surface area (Å²) in [5, 5.41) is 0.776. The summed E-state index contributed by atoms with van der Waals surface area (Å²) in [6.07, 6.45) is 5.56. The molecule has 3 heterocycles. The third-order valence-corrected chi connectivity index (χ3v) is 5.23. The lowest BCUT2D eigenvalue weighted by atomic mass is 9.90.